The van der Waals surface area contributed by atoms with Crippen LogP contribution in [-0.4, -0.2) is 0 Å². The van der Waals surface area contributed by atoms with Crippen LogP contribution < -0.4 is 5.73 Å². The predicted molar refractivity (Wildman–Crippen MR) is 46.0 cm³/mol. The highest BCUT2D eigenvalue weighted by Gasteiger charge is 1.88. The van der Waals surface area contributed by atoms with Crippen LogP contribution in [0.15, 0.2) is 29.8 Å². The molecule has 0 bridgehead atoms. The summed E-state index contributed by atoms with van der Waals surface area (Å²) in [6, 6.07) is 4.22. The second-order valence-electron chi connectivity index (χ2n) is 2.05. The van der Waals surface area contributed by atoms with E-state index < -0.39 is 0 Å². The Kier molecular flexibility index (Phi) is 3.03. The summed E-state index contributed by atoms with van der Waals surface area (Å²) in [4.78, 5) is 1.43. The molecule has 0 amide bonds. The van der Waals surface area contributed by atoms with Crippen LogP contribution in [0.1, 0.15) is 11.3 Å². The van der Waals surface area contributed by atoms with Crippen LogP contribution in [0.25, 0.3) is 0 Å². The second kappa shape index (κ2) is 4.12. The van der Waals surface area contributed by atoms with Gasteiger partial charge in [0.05, 0.1) is 0 Å². The number of nitrogens with two attached hydrogens (primary N) is 1. The second-order valence-corrected chi connectivity index (χ2v) is 3.08. The summed E-state index contributed by atoms with van der Waals surface area (Å²) < 4.78 is 0. The summed E-state index contributed by atoms with van der Waals surface area (Å²) in [5.74, 6) is 0. The molecular weight excluding hydrogens is 142 g/mol. The van der Waals surface area contributed by atoms with Gasteiger partial charge in [-0.15, -0.1) is 11.3 Å². The Labute approximate surface area is 65.2 Å². The third kappa shape index (κ3) is 2.23. The molecule has 1 aromatic heterocycles. The van der Waals surface area contributed by atoms with E-state index in [0.717, 1.165) is 12.8 Å². The Morgan fingerprint density at radius 3 is 3.10 bits per heavy atom. The molecule has 0 radical (unpaired) electrons. The predicted octanol–water partition coefficient (Wildman–Crippen LogP) is 2.15. The molecule has 10 heavy (non-hydrogen) atoms. The van der Waals surface area contributed by atoms with Gasteiger partial charge >= 0.3 is 0 Å². The molecule has 2 heteroatoms. The fourth-order valence-electron chi connectivity index (χ4n) is 0.777. The number of hydrogen-bond donors (Lipinski definition) is 1. The first-order valence-corrected chi connectivity index (χ1v) is 4.20. The number of rotatable bonds is 3. The van der Waals surface area contributed by atoms with Gasteiger partial charge in [-0.3, -0.25) is 0 Å². The molecule has 0 aliphatic rings. The van der Waals surface area contributed by atoms with E-state index in [4.69, 9.17) is 5.73 Å². The topological polar surface area (TPSA) is 26.0 Å². The van der Waals surface area contributed by atoms with Crippen LogP contribution in [0.5, 0.6) is 0 Å². The average molecular weight is 153 g/mol. The molecule has 0 saturated carbocycles. The SMILES string of the molecule is NC=CCCc1cccs1. The van der Waals surface area contributed by atoms with Crippen LogP contribution in [-0.2, 0) is 6.42 Å². The molecule has 0 spiro atoms. The number of allylic oxidation sites excluding steroid dienone is 1. The molecule has 0 aromatic carbocycles. The minimum atomic E-state index is 1.05. The number of aryl methyl sites for hydroxylation is 1. The molecule has 1 rings (SSSR count). The lowest BCUT2D eigenvalue weighted by Crippen LogP contribution is -1.79. The van der Waals surface area contributed by atoms with Gasteiger partial charge in [0.1, 0.15) is 0 Å². The average Bonchev–Trinajstić information content (AvgIpc) is 2.41. The standard InChI is InChI=1S/C8H11NS/c9-6-2-1-4-8-5-3-7-10-8/h2-3,5-7H,1,4,9H2. The molecule has 1 aromatic rings. The lowest BCUT2D eigenvalue weighted by molar-refractivity contribution is 1.02. The van der Waals surface area contributed by atoms with E-state index in [0.29, 0.717) is 0 Å². The normalized spacial score (nSPS) is 10.8. The minimum Gasteiger partial charge on any atom is -0.405 e. The third-order valence-electron chi connectivity index (χ3n) is 1.27. The molecule has 2 N–H and O–H groups in total. The van der Waals surface area contributed by atoms with Crippen LogP contribution in [0.3, 0.4) is 0 Å². The Bertz CT molecular complexity index is 189. The molecule has 0 unspecified atom stereocenters. The van der Waals surface area contributed by atoms with Gasteiger partial charge in [-0.25, -0.2) is 0 Å². The van der Waals surface area contributed by atoms with Crippen LogP contribution in [0.4, 0.5) is 0 Å². The zero-order valence-electron chi connectivity index (χ0n) is 5.79. The Morgan fingerprint density at radius 1 is 1.60 bits per heavy atom. The Hall–Kier alpha value is -0.760. The highest BCUT2D eigenvalue weighted by Crippen LogP contribution is 2.10. The van der Waals surface area contributed by atoms with Gasteiger partial charge in [0.15, 0.2) is 0 Å². The maximum absolute atomic E-state index is 5.19. The molecular formula is C8H11NS. The molecule has 0 aliphatic heterocycles. The molecule has 1 nitrogen and oxygen atoms in total. The summed E-state index contributed by atoms with van der Waals surface area (Å²) >= 11 is 1.80. The largest absolute Gasteiger partial charge is 0.405 e. The quantitative estimate of drug-likeness (QED) is 0.707. The van der Waals surface area contributed by atoms with Crippen molar-refractivity contribution in [1.29, 1.82) is 0 Å². The lowest BCUT2D eigenvalue weighted by Gasteiger charge is -1.88. The Morgan fingerprint density at radius 2 is 2.50 bits per heavy atom. The Balaban J connectivity index is 2.28. The van der Waals surface area contributed by atoms with Gasteiger partial charge in [0.2, 0.25) is 0 Å². The van der Waals surface area contributed by atoms with Crippen molar-refractivity contribution in [3.05, 3.63) is 34.7 Å². The highest BCUT2D eigenvalue weighted by molar-refractivity contribution is 7.09. The van der Waals surface area contributed by atoms with Crippen molar-refractivity contribution in [2.75, 3.05) is 0 Å². The monoisotopic (exact) mass is 153 g/mol. The van der Waals surface area contributed by atoms with Gasteiger partial charge in [-0.2, -0.15) is 0 Å². The van der Waals surface area contributed by atoms with Crippen LogP contribution in [0.2, 0.25) is 0 Å². The van der Waals surface area contributed by atoms with Crippen molar-refractivity contribution in [1.82, 2.24) is 0 Å². The zero-order valence-corrected chi connectivity index (χ0v) is 6.60. The molecule has 1 heterocycles. The lowest BCUT2D eigenvalue weighted by atomic mass is 10.2. The van der Waals surface area contributed by atoms with E-state index in [1.807, 2.05) is 6.08 Å². The summed E-state index contributed by atoms with van der Waals surface area (Å²) in [5.41, 5.74) is 5.19. The van der Waals surface area contributed by atoms with Crippen molar-refractivity contribution < 1.29 is 0 Å². The van der Waals surface area contributed by atoms with E-state index >= 15 is 0 Å². The van der Waals surface area contributed by atoms with E-state index in [-0.39, 0.29) is 0 Å². The minimum absolute atomic E-state index is 1.05. The van der Waals surface area contributed by atoms with E-state index in [1.165, 1.54) is 4.88 Å². The number of hydrogen-bond acceptors (Lipinski definition) is 2. The van der Waals surface area contributed by atoms with Crippen molar-refractivity contribution >= 4 is 11.3 Å². The third-order valence-corrected chi connectivity index (χ3v) is 2.21. The molecule has 54 valence electrons. The smallest absolute Gasteiger partial charge is 0.00483 e. The summed E-state index contributed by atoms with van der Waals surface area (Å²) in [7, 11) is 0. The van der Waals surface area contributed by atoms with Crippen molar-refractivity contribution in [2.45, 2.75) is 12.8 Å². The first-order chi connectivity index (χ1) is 4.93. The fourth-order valence-corrected chi connectivity index (χ4v) is 1.50. The van der Waals surface area contributed by atoms with Gasteiger partial charge in [0, 0.05) is 4.88 Å². The van der Waals surface area contributed by atoms with Gasteiger partial charge in [0.25, 0.3) is 0 Å². The molecule has 0 aliphatic carbocycles. The van der Waals surface area contributed by atoms with Crippen LogP contribution >= 0.6 is 11.3 Å². The van der Waals surface area contributed by atoms with E-state index in [2.05, 4.69) is 17.5 Å². The van der Waals surface area contributed by atoms with Crippen molar-refractivity contribution in [3.8, 4) is 0 Å². The van der Waals surface area contributed by atoms with Gasteiger partial charge in [-0.05, 0) is 30.5 Å². The summed E-state index contributed by atoms with van der Waals surface area (Å²) in [5, 5.41) is 2.10. The van der Waals surface area contributed by atoms with Crippen molar-refractivity contribution in [2.24, 2.45) is 5.73 Å². The molecule has 0 fully saturated rings. The van der Waals surface area contributed by atoms with Crippen LogP contribution in [0, 0.1) is 0 Å². The van der Waals surface area contributed by atoms with E-state index in [1.54, 1.807) is 17.5 Å². The summed E-state index contributed by atoms with van der Waals surface area (Å²) in [6.07, 6.45) is 5.76. The van der Waals surface area contributed by atoms with Crippen molar-refractivity contribution in [3.63, 3.8) is 0 Å². The molecule has 0 atom stereocenters. The van der Waals surface area contributed by atoms with Gasteiger partial charge < -0.3 is 5.73 Å². The first kappa shape index (κ1) is 7.35. The summed E-state index contributed by atoms with van der Waals surface area (Å²) in [6.45, 7) is 0. The molecule has 0 saturated heterocycles. The van der Waals surface area contributed by atoms with E-state index in [9.17, 15) is 0 Å². The first-order valence-electron chi connectivity index (χ1n) is 3.32. The maximum atomic E-state index is 5.19. The maximum Gasteiger partial charge on any atom is 0.00483 e. The fraction of sp³-hybridized carbons (Fsp3) is 0.250. The highest BCUT2D eigenvalue weighted by atomic mass is 32.1. The number of thiophene rings is 1. The zero-order chi connectivity index (χ0) is 7.23. The van der Waals surface area contributed by atoms with Gasteiger partial charge in [-0.1, -0.05) is 12.1 Å².